The number of carbonyl (C=O) groups is 1. The van der Waals surface area contributed by atoms with E-state index in [1.54, 1.807) is 0 Å². The summed E-state index contributed by atoms with van der Waals surface area (Å²) in [5.41, 5.74) is 5.49. The fourth-order valence-corrected chi connectivity index (χ4v) is 5.79. The van der Waals surface area contributed by atoms with Crippen LogP contribution in [0.1, 0.15) is 54.7 Å². The van der Waals surface area contributed by atoms with Gasteiger partial charge in [-0.1, -0.05) is 64.0 Å². The van der Waals surface area contributed by atoms with Gasteiger partial charge in [-0.2, -0.15) is 0 Å². The third kappa shape index (κ3) is 6.84. The first-order chi connectivity index (χ1) is 17.6. The van der Waals surface area contributed by atoms with Gasteiger partial charge in [0.15, 0.2) is 6.10 Å². The fraction of sp³-hybridized carbons (Fsp3) is 0.367. The van der Waals surface area contributed by atoms with Crippen molar-refractivity contribution in [3.63, 3.8) is 0 Å². The van der Waals surface area contributed by atoms with Crippen molar-refractivity contribution in [3.05, 3.63) is 86.9 Å². The highest BCUT2D eigenvalue weighted by molar-refractivity contribution is 9.10. The van der Waals surface area contributed by atoms with Gasteiger partial charge in [-0.15, -0.1) is 0 Å². The van der Waals surface area contributed by atoms with E-state index in [-0.39, 0.29) is 6.54 Å². The van der Waals surface area contributed by atoms with Gasteiger partial charge in [-0.25, -0.2) is 13.2 Å². The van der Waals surface area contributed by atoms with E-state index in [0.717, 1.165) is 32.3 Å². The summed E-state index contributed by atoms with van der Waals surface area (Å²) in [6.07, 6.45) is 0.120. The van der Waals surface area contributed by atoms with E-state index in [4.69, 9.17) is 9.47 Å². The number of hydrogen-bond donors (Lipinski definition) is 0. The largest absolute Gasteiger partial charge is 0.467 e. The number of aryl methyl sites for hydroxylation is 2. The minimum absolute atomic E-state index is 0.118. The van der Waals surface area contributed by atoms with Crippen LogP contribution in [0, 0.1) is 20.8 Å². The summed E-state index contributed by atoms with van der Waals surface area (Å²) in [5, 5.41) is 0. The van der Waals surface area contributed by atoms with Gasteiger partial charge >= 0.3 is 5.97 Å². The molecule has 3 rings (SSSR count). The third-order valence-electron chi connectivity index (χ3n) is 6.24. The average molecular weight is 603 g/mol. The molecule has 8 heteroatoms. The normalized spacial score (nSPS) is 12.8. The Kier molecular flexibility index (Phi) is 9.12. The molecule has 1 atom stereocenters. The molecule has 0 aliphatic rings. The number of nitrogens with zero attached hydrogens (tertiary/aromatic N) is 1. The Morgan fingerprint density at radius 2 is 1.63 bits per heavy atom. The molecule has 0 unspecified atom stereocenters. The van der Waals surface area contributed by atoms with E-state index in [9.17, 15) is 13.2 Å². The number of halogens is 1. The molecule has 0 saturated carbocycles. The quantitative estimate of drug-likeness (QED) is 0.259. The van der Waals surface area contributed by atoms with E-state index in [1.807, 2.05) is 96.1 Å². The maximum absolute atomic E-state index is 13.2. The van der Waals surface area contributed by atoms with Crippen LogP contribution in [0.4, 0.5) is 5.69 Å². The monoisotopic (exact) mass is 601 g/mol. The minimum atomic E-state index is -3.70. The second kappa shape index (κ2) is 11.6. The van der Waals surface area contributed by atoms with Gasteiger partial charge in [0.05, 0.1) is 31.2 Å². The van der Waals surface area contributed by atoms with Crippen molar-refractivity contribution in [3.8, 4) is 11.1 Å². The topological polar surface area (TPSA) is 72.9 Å². The molecule has 0 spiro atoms. The van der Waals surface area contributed by atoms with Crippen molar-refractivity contribution in [1.82, 2.24) is 0 Å². The maximum Gasteiger partial charge on any atom is 0.339 e. The zero-order valence-electron chi connectivity index (χ0n) is 23.3. The van der Waals surface area contributed by atoms with Gasteiger partial charge in [0.25, 0.3) is 0 Å². The van der Waals surface area contributed by atoms with Crippen LogP contribution in [0.3, 0.4) is 0 Å². The molecule has 0 N–H and O–H groups in total. The predicted molar refractivity (Wildman–Crippen MR) is 157 cm³/mol. The summed E-state index contributed by atoms with van der Waals surface area (Å²) in [6.45, 7) is 11.5. The summed E-state index contributed by atoms with van der Waals surface area (Å²) in [7, 11) is -2.38. The maximum atomic E-state index is 13.2. The number of rotatable bonds is 8. The lowest BCUT2D eigenvalue weighted by Gasteiger charge is -2.32. The molecule has 0 heterocycles. The van der Waals surface area contributed by atoms with Crippen LogP contribution in [0.5, 0.6) is 0 Å². The van der Waals surface area contributed by atoms with Gasteiger partial charge in [-0.05, 0) is 81.5 Å². The number of benzene rings is 3. The van der Waals surface area contributed by atoms with E-state index in [0.29, 0.717) is 16.8 Å². The molecule has 204 valence electrons. The molecular formula is C30H36BrNO5S. The number of carbonyl (C=O) groups excluding carboxylic acids is 1. The highest BCUT2D eigenvalue weighted by Crippen LogP contribution is 2.43. The van der Waals surface area contributed by atoms with Crippen molar-refractivity contribution in [2.75, 3.05) is 17.7 Å². The number of sulfonamides is 1. The van der Waals surface area contributed by atoms with Crippen LogP contribution in [0.25, 0.3) is 11.1 Å². The lowest BCUT2D eigenvalue weighted by atomic mass is 9.87. The number of ether oxygens (including phenoxy) is 2. The summed E-state index contributed by atoms with van der Waals surface area (Å²) in [5.74, 6) is -0.551. The molecule has 3 aromatic carbocycles. The van der Waals surface area contributed by atoms with E-state index >= 15 is 0 Å². The standard InChI is InChI=1S/C30H36BrNO5S/c1-19-13-15-22(16-14-19)26-20(2)17-25(21(3)27(26)28(29(33)36-7)37-30(4,5)6)32(38(8,34)35)18-23-11-9-10-12-24(23)31/h9-17,28H,18H2,1-8H3/t28-/m0/s1. The molecule has 3 aromatic rings. The Bertz CT molecular complexity index is 1430. The van der Waals surface area contributed by atoms with Gasteiger partial charge in [-0.3, -0.25) is 4.31 Å². The molecule has 0 aromatic heterocycles. The van der Waals surface area contributed by atoms with Crippen molar-refractivity contribution in [2.24, 2.45) is 0 Å². The molecule has 0 fully saturated rings. The fourth-order valence-electron chi connectivity index (χ4n) is 4.46. The van der Waals surface area contributed by atoms with Crippen LogP contribution in [-0.2, 0) is 30.8 Å². The van der Waals surface area contributed by atoms with Crippen molar-refractivity contribution in [2.45, 2.75) is 59.8 Å². The first-order valence-corrected chi connectivity index (χ1v) is 15.0. The van der Waals surface area contributed by atoms with Gasteiger partial charge < -0.3 is 9.47 Å². The molecule has 0 radical (unpaired) electrons. The third-order valence-corrected chi connectivity index (χ3v) is 8.14. The van der Waals surface area contributed by atoms with Crippen LogP contribution < -0.4 is 4.31 Å². The zero-order valence-corrected chi connectivity index (χ0v) is 25.7. The van der Waals surface area contributed by atoms with Crippen LogP contribution in [-0.4, -0.2) is 33.4 Å². The first-order valence-electron chi connectivity index (χ1n) is 12.3. The smallest absolute Gasteiger partial charge is 0.339 e. The average Bonchev–Trinajstić information content (AvgIpc) is 2.82. The van der Waals surface area contributed by atoms with Crippen molar-refractivity contribution in [1.29, 1.82) is 0 Å². The highest BCUT2D eigenvalue weighted by Gasteiger charge is 2.35. The minimum Gasteiger partial charge on any atom is -0.467 e. The lowest BCUT2D eigenvalue weighted by Crippen LogP contribution is -2.32. The molecule has 0 bridgehead atoms. The van der Waals surface area contributed by atoms with E-state index in [1.165, 1.54) is 17.7 Å². The second-order valence-electron chi connectivity index (χ2n) is 10.5. The molecule has 38 heavy (non-hydrogen) atoms. The summed E-state index contributed by atoms with van der Waals surface area (Å²) in [6, 6.07) is 17.4. The number of esters is 1. The Morgan fingerprint density at radius 1 is 1.03 bits per heavy atom. The van der Waals surface area contributed by atoms with Crippen LogP contribution >= 0.6 is 15.9 Å². The Balaban J connectivity index is 2.39. The number of hydrogen-bond acceptors (Lipinski definition) is 5. The summed E-state index contributed by atoms with van der Waals surface area (Å²) >= 11 is 3.54. The summed E-state index contributed by atoms with van der Waals surface area (Å²) < 4.78 is 40.1. The van der Waals surface area contributed by atoms with Crippen LogP contribution in [0.15, 0.2) is 59.1 Å². The molecule has 0 aliphatic carbocycles. The van der Waals surface area contributed by atoms with Crippen LogP contribution in [0.2, 0.25) is 0 Å². The number of methoxy groups -OCH3 is 1. The Morgan fingerprint density at radius 3 is 2.16 bits per heavy atom. The van der Waals surface area contributed by atoms with E-state index < -0.39 is 27.7 Å². The second-order valence-corrected chi connectivity index (χ2v) is 13.2. The van der Waals surface area contributed by atoms with Gasteiger partial charge in [0.1, 0.15) is 0 Å². The van der Waals surface area contributed by atoms with E-state index in [2.05, 4.69) is 15.9 Å². The Labute approximate surface area is 235 Å². The Hall–Kier alpha value is -2.68. The molecule has 0 amide bonds. The van der Waals surface area contributed by atoms with Gasteiger partial charge in [0, 0.05) is 10.0 Å². The molecule has 0 aliphatic heterocycles. The highest BCUT2D eigenvalue weighted by atomic mass is 79.9. The van der Waals surface area contributed by atoms with Crippen molar-refractivity contribution < 1.29 is 22.7 Å². The first kappa shape index (κ1) is 29.9. The van der Waals surface area contributed by atoms with Gasteiger partial charge in [0.2, 0.25) is 10.0 Å². The lowest BCUT2D eigenvalue weighted by molar-refractivity contribution is -0.164. The molecule has 0 saturated heterocycles. The predicted octanol–water partition coefficient (Wildman–Crippen LogP) is 7.04. The number of anilines is 1. The zero-order chi connectivity index (χ0) is 28.4. The van der Waals surface area contributed by atoms with Crippen molar-refractivity contribution >= 4 is 37.6 Å². The summed E-state index contributed by atoms with van der Waals surface area (Å²) in [4.78, 5) is 13.2. The molecular weight excluding hydrogens is 566 g/mol. The SMILES string of the molecule is COC(=O)[C@@H](OC(C)(C)C)c1c(C)c(N(Cc2ccccc2Br)S(C)(=O)=O)cc(C)c1-c1ccc(C)cc1. The molecule has 6 nitrogen and oxygen atoms in total.